The summed E-state index contributed by atoms with van der Waals surface area (Å²) in [7, 11) is 0. The Hall–Kier alpha value is -1.00. The van der Waals surface area contributed by atoms with E-state index in [1.807, 2.05) is 0 Å². The van der Waals surface area contributed by atoms with Crippen molar-refractivity contribution in [3.05, 3.63) is 35.4 Å². The van der Waals surface area contributed by atoms with Crippen LogP contribution in [0.15, 0.2) is 18.2 Å². The zero-order chi connectivity index (χ0) is 13.8. The molecule has 0 bridgehead atoms. The van der Waals surface area contributed by atoms with Gasteiger partial charge in [-0.1, -0.05) is 32.6 Å². The lowest BCUT2D eigenvalue weighted by molar-refractivity contribution is 0.175. The van der Waals surface area contributed by atoms with Crippen molar-refractivity contribution < 1.29 is 8.78 Å². The lowest BCUT2D eigenvalue weighted by Gasteiger charge is -2.36. The molecule has 1 aliphatic rings. The number of hydrazine groups is 1. The normalized spacial score (nSPS) is 25.3. The second kappa shape index (κ2) is 6.44. The minimum atomic E-state index is -0.542. The van der Waals surface area contributed by atoms with Gasteiger partial charge in [0.2, 0.25) is 0 Å². The van der Waals surface area contributed by atoms with Crippen molar-refractivity contribution in [3.8, 4) is 0 Å². The SMILES string of the molecule is CCC1CCCCC1C(NN)c1cc(F)cc(F)c1. The maximum atomic E-state index is 13.4. The van der Waals surface area contributed by atoms with Crippen molar-refractivity contribution in [2.24, 2.45) is 17.7 Å². The summed E-state index contributed by atoms with van der Waals surface area (Å²) >= 11 is 0. The van der Waals surface area contributed by atoms with E-state index in [9.17, 15) is 8.78 Å². The van der Waals surface area contributed by atoms with Crippen molar-refractivity contribution in [1.29, 1.82) is 0 Å². The Kier molecular flexibility index (Phi) is 4.88. The first-order valence-corrected chi connectivity index (χ1v) is 7.07. The Bertz CT molecular complexity index is 402. The molecule has 1 aromatic carbocycles. The molecule has 1 fully saturated rings. The number of nitrogens with two attached hydrogens (primary N) is 1. The average Bonchev–Trinajstić information content (AvgIpc) is 2.39. The van der Waals surface area contributed by atoms with Gasteiger partial charge in [0.05, 0.1) is 0 Å². The molecule has 0 amide bonds. The summed E-state index contributed by atoms with van der Waals surface area (Å²) in [6.45, 7) is 2.17. The Morgan fingerprint density at radius 3 is 2.42 bits per heavy atom. The van der Waals surface area contributed by atoms with Crippen LogP contribution in [0.1, 0.15) is 50.6 Å². The highest BCUT2D eigenvalue weighted by Crippen LogP contribution is 2.40. The number of hydrogen-bond acceptors (Lipinski definition) is 2. The third kappa shape index (κ3) is 3.31. The van der Waals surface area contributed by atoms with Crippen molar-refractivity contribution in [3.63, 3.8) is 0 Å². The van der Waals surface area contributed by atoms with Crippen LogP contribution in [0.3, 0.4) is 0 Å². The highest BCUT2D eigenvalue weighted by Gasteiger charge is 2.31. The number of nitrogens with one attached hydrogen (secondary N) is 1. The van der Waals surface area contributed by atoms with Gasteiger partial charge >= 0.3 is 0 Å². The highest BCUT2D eigenvalue weighted by atomic mass is 19.1. The fourth-order valence-electron chi connectivity index (χ4n) is 3.40. The van der Waals surface area contributed by atoms with E-state index in [1.54, 1.807) is 0 Å². The summed E-state index contributed by atoms with van der Waals surface area (Å²) < 4.78 is 26.7. The van der Waals surface area contributed by atoms with E-state index in [2.05, 4.69) is 12.3 Å². The Labute approximate surface area is 113 Å². The number of rotatable bonds is 4. The van der Waals surface area contributed by atoms with Crippen LogP contribution >= 0.6 is 0 Å². The standard InChI is InChI=1S/C15H22F2N2/c1-2-10-5-3-4-6-14(10)15(19-18)11-7-12(16)9-13(17)8-11/h7-10,14-15,19H,2-6,18H2,1H3. The minimum absolute atomic E-state index is 0.171. The predicted octanol–water partition coefficient (Wildman–Crippen LogP) is 3.69. The highest BCUT2D eigenvalue weighted by molar-refractivity contribution is 5.22. The molecule has 0 saturated heterocycles. The Balaban J connectivity index is 2.27. The number of halogens is 2. The van der Waals surface area contributed by atoms with Crippen LogP contribution in [0, 0.1) is 23.5 Å². The summed E-state index contributed by atoms with van der Waals surface area (Å²) in [5, 5.41) is 0. The van der Waals surface area contributed by atoms with Crippen LogP contribution < -0.4 is 11.3 Å². The van der Waals surface area contributed by atoms with E-state index in [4.69, 9.17) is 5.84 Å². The monoisotopic (exact) mass is 268 g/mol. The third-order valence-corrected chi connectivity index (χ3v) is 4.34. The van der Waals surface area contributed by atoms with Crippen LogP contribution in [0.5, 0.6) is 0 Å². The lowest BCUT2D eigenvalue weighted by Crippen LogP contribution is -2.38. The molecule has 3 N–H and O–H groups in total. The van der Waals surface area contributed by atoms with Gasteiger partial charge in [-0.2, -0.15) is 0 Å². The average molecular weight is 268 g/mol. The second-order valence-electron chi connectivity index (χ2n) is 5.46. The maximum Gasteiger partial charge on any atom is 0.126 e. The molecule has 1 aromatic rings. The van der Waals surface area contributed by atoms with Crippen molar-refractivity contribution >= 4 is 0 Å². The molecule has 19 heavy (non-hydrogen) atoms. The molecule has 0 radical (unpaired) electrons. The van der Waals surface area contributed by atoms with Gasteiger partial charge in [0.25, 0.3) is 0 Å². The van der Waals surface area contributed by atoms with Gasteiger partial charge in [0.15, 0.2) is 0 Å². The molecular formula is C15H22F2N2. The van der Waals surface area contributed by atoms with Crippen LogP contribution in [-0.2, 0) is 0 Å². The molecule has 3 unspecified atom stereocenters. The van der Waals surface area contributed by atoms with Gasteiger partial charge in [0.1, 0.15) is 11.6 Å². The van der Waals surface area contributed by atoms with Gasteiger partial charge in [-0.15, -0.1) is 0 Å². The smallest absolute Gasteiger partial charge is 0.126 e. The summed E-state index contributed by atoms with van der Waals surface area (Å²) in [6.07, 6.45) is 5.73. The molecule has 0 aliphatic heterocycles. The van der Waals surface area contributed by atoms with E-state index >= 15 is 0 Å². The Morgan fingerprint density at radius 1 is 1.21 bits per heavy atom. The molecule has 1 saturated carbocycles. The van der Waals surface area contributed by atoms with Crippen LogP contribution in [0.2, 0.25) is 0 Å². The van der Waals surface area contributed by atoms with Gasteiger partial charge in [-0.25, -0.2) is 8.78 Å². The first kappa shape index (κ1) is 14.4. The van der Waals surface area contributed by atoms with E-state index in [0.717, 1.165) is 25.3 Å². The molecule has 2 rings (SSSR count). The van der Waals surface area contributed by atoms with Gasteiger partial charge < -0.3 is 0 Å². The summed E-state index contributed by atoms with van der Waals surface area (Å²) in [4.78, 5) is 0. The molecule has 0 aromatic heterocycles. The van der Waals surface area contributed by atoms with E-state index < -0.39 is 11.6 Å². The first-order chi connectivity index (χ1) is 9.15. The molecule has 0 heterocycles. The van der Waals surface area contributed by atoms with Gasteiger partial charge in [0, 0.05) is 12.1 Å². The molecule has 1 aliphatic carbocycles. The van der Waals surface area contributed by atoms with Crippen molar-refractivity contribution in [2.75, 3.05) is 0 Å². The quantitative estimate of drug-likeness (QED) is 0.645. The summed E-state index contributed by atoms with van der Waals surface area (Å²) in [6, 6.07) is 3.49. The molecule has 0 spiro atoms. The van der Waals surface area contributed by atoms with Crippen molar-refractivity contribution in [1.82, 2.24) is 5.43 Å². The molecule has 106 valence electrons. The first-order valence-electron chi connectivity index (χ1n) is 7.07. The number of benzene rings is 1. The largest absolute Gasteiger partial charge is 0.271 e. The molecular weight excluding hydrogens is 246 g/mol. The van der Waals surface area contributed by atoms with E-state index in [0.29, 0.717) is 17.4 Å². The zero-order valence-corrected chi connectivity index (χ0v) is 11.3. The van der Waals surface area contributed by atoms with Crippen LogP contribution in [-0.4, -0.2) is 0 Å². The minimum Gasteiger partial charge on any atom is -0.271 e. The fraction of sp³-hybridized carbons (Fsp3) is 0.600. The maximum absolute atomic E-state index is 13.4. The Morgan fingerprint density at radius 2 is 1.84 bits per heavy atom. The number of hydrogen-bond donors (Lipinski definition) is 2. The van der Waals surface area contributed by atoms with E-state index in [1.165, 1.54) is 25.0 Å². The van der Waals surface area contributed by atoms with Crippen molar-refractivity contribution in [2.45, 2.75) is 45.1 Å². The lowest BCUT2D eigenvalue weighted by atomic mass is 9.72. The van der Waals surface area contributed by atoms with Crippen LogP contribution in [0.4, 0.5) is 8.78 Å². The third-order valence-electron chi connectivity index (χ3n) is 4.34. The molecule has 2 nitrogen and oxygen atoms in total. The predicted molar refractivity (Wildman–Crippen MR) is 72.2 cm³/mol. The second-order valence-corrected chi connectivity index (χ2v) is 5.46. The van der Waals surface area contributed by atoms with E-state index in [-0.39, 0.29) is 6.04 Å². The van der Waals surface area contributed by atoms with Gasteiger partial charge in [-0.05, 0) is 36.0 Å². The van der Waals surface area contributed by atoms with Crippen LogP contribution in [0.25, 0.3) is 0 Å². The molecule has 3 atom stereocenters. The topological polar surface area (TPSA) is 38.0 Å². The molecule has 4 heteroatoms. The zero-order valence-electron chi connectivity index (χ0n) is 11.3. The fourth-order valence-corrected chi connectivity index (χ4v) is 3.40. The summed E-state index contributed by atoms with van der Waals surface area (Å²) in [5.41, 5.74) is 3.39. The summed E-state index contributed by atoms with van der Waals surface area (Å²) in [5.74, 6) is 5.50. The van der Waals surface area contributed by atoms with Gasteiger partial charge in [-0.3, -0.25) is 11.3 Å².